The number of unbranched alkanes of at least 4 members (excludes halogenated alkanes) is 3. The number of nitrogens with one attached hydrogen (secondary N) is 2. The Morgan fingerprint density at radius 3 is 2.16 bits per heavy atom. The molecule has 1 aliphatic rings. The van der Waals surface area contributed by atoms with Crippen LogP contribution in [-0.4, -0.2) is 42.8 Å². The summed E-state index contributed by atoms with van der Waals surface area (Å²) in [7, 11) is 0. The van der Waals surface area contributed by atoms with E-state index in [0.717, 1.165) is 19.3 Å². The summed E-state index contributed by atoms with van der Waals surface area (Å²) in [5.41, 5.74) is 6.83. The Hall–Kier alpha value is -3.39. The number of benzene rings is 2. The number of amides is 2. The van der Waals surface area contributed by atoms with Gasteiger partial charge < -0.3 is 15.2 Å². The first kappa shape index (κ1) is 23.3. The minimum Gasteiger partial charge on any atom is -0.479 e. The van der Waals surface area contributed by atoms with Gasteiger partial charge in [0.05, 0.1) is 0 Å². The molecular weight excluding hydrogens is 412 g/mol. The van der Waals surface area contributed by atoms with Crippen LogP contribution in [0, 0.1) is 0 Å². The predicted molar refractivity (Wildman–Crippen MR) is 118 cm³/mol. The van der Waals surface area contributed by atoms with Gasteiger partial charge in [-0.1, -0.05) is 61.4 Å². The van der Waals surface area contributed by atoms with Crippen molar-refractivity contribution >= 4 is 18.0 Å². The molecule has 0 atom stereocenters. The van der Waals surface area contributed by atoms with Gasteiger partial charge >= 0.3 is 12.1 Å². The minimum absolute atomic E-state index is 0.0405. The fraction of sp³-hybridized carbons (Fsp3) is 0.375. The van der Waals surface area contributed by atoms with E-state index in [9.17, 15) is 14.4 Å². The molecule has 0 saturated carbocycles. The Morgan fingerprint density at radius 1 is 0.875 bits per heavy atom. The third-order valence-corrected chi connectivity index (χ3v) is 5.33. The molecule has 8 heteroatoms. The summed E-state index contributed by atoms with van der Waals surface area (Å²) in [6, 6.07) is 16.4. The van der Waals surface area contributed by atoms with Crippen LogP contribution in [0.3, 0.4) is 0 Å². The number of fused-ring (bicyclic) bond motifs is 3. The molecule has 3 N–H and O–H groups in total. The van der Waals surface area contributed by atoms with E-state index >= 15 is 0 Å². The maximum Gasteiger partial charge on any atom is 0.407 e. The first-order valence-electron chi connectivity index (χ1n) is 10.8. The van der Waals surface area contributed by atoms with E-state index in [-0.39, 0.29) is 18.2 Å². The van der Waals surface area contributed by atoms with E-state index < -0.39 is 18.7 Å². The molecule has 0 heterocycles. The Kier molecular flexibility index (Phi) is 8.62. The zero-order valence-corrected chi connectivity index (χ0v) is 17.8. The van der Waals surface area contributed by atoms with Crippen LogP contribution in [-0.2, 0) is 19.2 Å². The van der Waals surface area contributed by atoms with Crippen LogP contribution in [0.1, 0.15) is 49.1 Å². The van der Waals surface area contributed by atoms with E-state index in [2.05, 4.69) is 39.9 Å². The van der Waals surface area contributed by atoms with Crippen molar-refractivity contribution in [3.8, 4) is 11.1 Å². The van der Waals surface area contributed by atoms with E-state index in [1.807, 2.05) is 24.3 Å². The number of hydrogen-bond acceptors (Lipinski definition) is 5. The topological polar surface area (TPSA) is 114 Å². The zero-order valence-electron chi connectivity index (χ0n) is 17.8. The molecule has 0 saturated heterocycles. The zero-order chi connectivity index (χ0) is 22.8. The molecule has 0 radical (unpaired) electrons. The van der Waals surface area contributed by atoms with Crippen molar-refractivity contribution in [2.75, 3.05) is 19.8 Å². The van der Waals surface area contributed by atoms with Crippen molar-refractivity contribution in [3.63, 3.8) is 0 Å². The molecule has 2 aromatic carbocycles. The summed E-state index contributed by atoms with van der Waals surface area (Å²) < 4.78 is 5.49. The van der Waals surface area contributed by atoms with Gasteiger partial charge in [0.1, 0.15) is 6.61 Å². The normalized spacial score (nSPS) is 12.0. The van der Waals surface area contributed by atoms with Crippen LogP contribution in [0.4, 0.5) is 4.79 Å². The Bertz CT molecular complexity index is 900. The number of carbonyl (C=O) groups excluding carboxylic acids is 2. The molecule has 32 heavy (non-hydrogen) atoms. The van der Waals surface area contributed by atoms with Gasteiger partial charge in [0.2, 0.25) is 5.91 Å². The number of hydrogen-bond donors (Lipinski definition) is 3. The summed E-state index contributed by atoms with van der Waals surface area (Å²) in [5.74, 6) is -1.45. The molecule has 2 amide bonds. The van der Waals surface area contributed by atoms with E-state index in [1.54, 1.807) is 0 Å². The van der Waals surface area contributed by atoms with Gasteiger partial charge in [-0.25, -0.2) is 15.1 Å². The third kappa shape index (κ3) is 6.55. The monoisotopic (exact) mass is 440 g/mol. The lowest BCUT2D eigenvalue weighted by Gasteiger charge is -2.14. The molecule has 0 bridgehead atoms. The largest absolute Gasteiger partial charge is 0.479 e. The van der Waals surface area contributed by atoms with Crippen molar-refractivity contribution in [1.82, 2.24) is 10.8 Å². The van der Waals surface area contributed by atoms with Crippen molar-refractivity contribution in [2.45, 2.75) is 38.0 Å². The first-order chi connectivity index (χ1) is 15.6. The highest BCUT2D eigenvalue weighted by Crippen LogP contribution is 2.44. The van der Waals surface area contributed by atoms with Crippen LogP contribution < -0.4 is 10.8 Å². The van der Waals surface area contributed by atoms with Crippen molar-refractivity contribution in [1.29, 1.82) is 0 Å². The Morgan fingerprint density at radius 2 is 1.50 bits per heavy atom. The minimum atomic E-state index is -1.14. The Balaban J connectivity index is 1.29. The SMILES string of the molecule is O=C(O)CONC(=O)CCCCCCNC(=O)OCC1c2ccccc2-c2ccccc21. The average molecular weight is 440 g/mol. The lowest BCUT2D eigenvalue weighted by molar-refractivity contribution is -0.149. The smallest absolute Gasteiger partial charge is 0.407 e. The van der Waals surface area contributed by atoms with Gasteiger partial charge in [-0.2, -0.15) is 0 Å². The molecule has 8 nitrogen and oxygen atoms in total. The fourth-order valence-corrected chi connectivity index (χ4v) is 3.83. The van der Waals surface area contributed by atoms with Crippen LogP contribution >= 0.6 is 0 Å². The van der Waals surface area contributed by atoms with Crippen LogP contribution in [0.15, 0.2) is 48.5 Å². The predicted octanol–water partition coefficient (Wildman–Crippen LogP) is 3.61. The van der Waals surface area contributed by atoms with Gasteiger partial charge in [-0.15, -0.1) is 0 Å². The maximum atomic E-state index is 12.1. The summed E-state index contributed by atoms with van der Waals surface area (Å²) >= 11 is 0. The van der Waals surface area contributed by atoms with Crippen LogP contribution in [0.25, 0.3) is 11.1 Å². The van der Waals surface area contributed by atoms with Gasteiger partial charge in [0.15, 0.2) is 6.61 Å². The Labute approximate surface area is 186 Å². The number of carboxylic acids is 1. The summed E-state index contributed by atoms with van der Waals surface area (Å²) in [6.07, 6.45) is 2.95. The van der Waals surface area contributed by atoms with E-state index in [4.69, 9.17) is 9.84 Å². The lowest BCUT2D eigenvalue weighted by Crippen LogP contribution is -2.27. The first-order valence-corrected chi connectivity index (χ1v) is 10.8. The maximum absolute atomic E-state index is 12.1. The number of aliphatic carboxylic acids is 1. The second-order valence-electron chi connectivity index (χ2n) is 7.62. The highest BCUT2D eigenvalue weighted by Gasteiger charge is 2.28. The van der Waals surface area contributed by atoms with Crippen LogP contribution in [0.2, 0.25) is 0 Å². The molecular formula is C24H28N2O6. The standard InChI is InChI=1S/C24H28N2O6/c27-22(26-32-16-23(28)29)13-3-1-2-8-14-25-24(30)31-15-21-19-11-6-4-9-17(19)18-10-5-7-12-20(18)21/h4-7,9-12,21H,1-3,8,13-16H2,(H,25,30)(H,26,27)(H,28,29). The number of carboxylic acid groups (broad SMARTS) is 1. The molecule has 2 aromatic rings. The molecule has 0 aliphatic heterocycles. The quantitative estimate of drug-likeness (QED) is 0.343. The molecule has 3 rings (SSSR count). The highest BCUT2D eigenvalue weighted by atomic mass is 16.7. The van der Waals surface area contributed by atoms with Gasteiger partial charge in [0, 0.05) is 18.9 Å². The van der Waals surface area contributed by atoms with E-state index in [1.165, 1.54) is 22.3 Å². The van der Waals surface area contributed by atoms with Crippen molar-refractivity contribution in [3.05, 3.63) is 59.7 Å². The second-order valence-corrected chi connectivity index (χ2v) is 7.62. The highest BCUT2D eigenvalue weighted by molar-refractivity contribution is 5.79. The average Bonchev–Trinajstić information content (AvgIpc) is 3.10. The molecule has 0 unspecified atom stereocenters. The number of alkyl carbamates (subject to hydrolysis) is 1. The second kappa shape index (κ2) is 11.9. The van der Waals surface area contributed by atoms with Crippen LogP contribution in [0.5, 0.6) is 0 Å². The number of ether oxygens (including phenoxy) is 1. The van der Waals surface area contributed by atoms with Crippen molar-refractivity contribution < 1.29 is 29.1 Å². The number of carbonyl (C=O) groups is 3. The fourth-order valence-electron chi connectivity index (χ4n) is 3.83. The van der Waals surface area contributed by atoms with Gasteiger partial charge in [0.25, 0.3) is 0 Å². The number of rotatable bonds is 12. The summed E-state index contributed by atoms with van der Waals surface area (Å²) in [5, 5.41) is 11.2. The summed E-state index contributed by atoms with van der Waals surface area (Å²) in [4.78, 5) is 38.3. The van der Waals surface area contributed by atoms with Gasteiger partial charge in [-0.3, -0.25) is 9.63 Å². The van der Waals surface area contributed by atoms with E-state index in [0.29, 0.717) is 19.6 Å². The molecule has 0 spiro atoms. The molecule has 170 valence electrons. The third-order valence-electron chi connectivity index (χ3n) is 5.33. The number of hydroxylamine groups is 1. The molecule has 0 fully saturated rings. The summed E-state index contributed by atoms with van der Waals surface area (Å²) in [6.45, 7) is 0.233. The molecule has 1 aliphatic carbocycles. The lowest BCUT2D eigenvalue weighted by atomic mass is 9.98. The molecule has 0 aromatic heterocycles. The van der Waals surface area contributed by atoms with Crippen molar-refractivity contribution in [2.24, 2.45) is 0 Å². The van der Waals surface area contributed by atoms with Gasteiger partial charge in [-0.05, 0) is 35.1 Å².